The van der Waals surface area contributed by atoms with Crippen molar-refractivity contribution in [3.05, 3.63) is 71.0 Å². The number of aromatic nitrogens is 3. The van der Waals surface area contributed by atoms with Gasteiger partial charge in [0.15, 0.2) is 5.69 Å². The van der Waals surface area contributed by atoms with Crippen molar-refractivity contribution in [3.63, 3.8) is 0 Å². The van der Waals surface area contributed by atoms with Gasteiger partial charge in [0.25, 0.3) is 5.91 Å². The Labute approximate surface area is 232 Å². The fourth-order valence-corrected chi connectivity index (χ4v) is 5.18. The zero-order valence-corrected chi connectivity index (χ0v) is 22.5. The van der Waals surface area contributed by atoms with Crippen LogP contribution in [0.15, 0.2) is 54.7 Å². The van der Waals surface area contributed by atoms with Crippen LogP contribution in [0.25, 0.3) is 10.6 Å². The quantitative estimate of drug-likeness (QED) is 0.274. The molecule has 1 saturated heterocycles. The minimum absolute atomic E-state index is 0.0000263. The van der Waals surface area contributed by atoms with Gasteiger partial charge < -0.3 is 25.6 Å². The first-order valence-corrected chi connectivity index (χ1v) is 13.2. The molecule has 5 rings (SSSR count). The van der Waals surface area contributed by atoms with E-state index in [0.29, 0.717) is 22.8 Å². The summed E-state index contributed by atoms with van der Waals surface area (Å²) in [5.74, 6) is -0.0794. The predicted octanol–water partition coefficient (Wildman–Crippen LogP) is 5.34. The third-order valence-corrected chi connectivity index (χ3v) is 7.43. The fourth-order valence-electron chi connectivity index (χ4n) is 4.21. The van der Waals surface area contributed by atoms with E-state index in [2.05, 4.69) is 35.8 Å². The first kappa shape index (κ1) is 27.3. The average Bonchev–Trinajstić information content (AvgIpc) is 3.35. The number of aryl methyl sites for hydroxylation is 1. The third-order valence-electron chi connectivity index (χ3n) is 6.24. The monoisotopic (exact) mass is 569 g/mol. The highest BCUT2D eigenvalue weighted by Crippen LogP contribution is 2.38. The maximum atomic E-state index is 14.0. The van der Waals surface area contributed by atoms with Crippen molar-refractivity contribution in [2.45, 2.75) is 13.1 Å². The number of ether oxygens (including phenoxy) is 1. The summed E-state index contributed by atoms with van der Waals surface area (Å²) in [7, 11) is 1.51. The maximum absolute atomic E-state index is 14.0. The van der Waals surface area contributed by atoms with Crippen molar-refractivity contribution < 1.29 is 22.7 Å². The maximum Gasteiger partial charge on any atom is 0.434 e. The number of nitrogens with one attached hydrogen (secondary N) is 3. The number of nitrogens with zero attached hydrogens (tertiary/aromatic N) is 4. The Balaban J connectivity index is 1.35. The van der Waals surface area contributed by atoms with Crippen LogP contribution in [0.5, 0.6) is 5.75 Å². The molecule has 1 fully saturated rings. The Hall–Kier alpha value is -4.23. The van der Waals surface area contributed by atoms with Crippen molar-refractivity contribution >= 4 is 40.3 Å². The van der Waals surface area contributed by atoms with E-state index in [1.165, 1.54) is 7.11 Å². The van der Waals surface area contributed by atoms with E-state index in [-0.39, 0.29) is 21.4 Å². The van der Waals surface area contributed by atoms with E-state index in [1.54, 1.807) is 43.3 Å². The van der Waals surface area contributed by atoms with E-state index in [4.69, 9.17) is 4.74 Å². The van der Waals surface area contributed by atoms with Crippen molar-refractivity contribution in [2.24, 2.45) is 0 Å². The highest BCUT2D eigenvalue weighted by molar-refractivity contribution is 7.17. The summed E-state index contributed by atoms with van der Waals surface area (Å²) in [5, 5.41) is 8.89. The summed E-state index contributed by atoms with van der Waals surface area (Å²) in [6.45, 7) is 5.20. The van der Waals surface area contributed by atoms with Crippen LogP contribution in [0.3, 0.4) is 0 Å². The summed E-state index contributed by atoms with van der Waals surface area (Å²) in [4.78, 5) is 27.5. The fraction of sp³-hybridized carbons (Fsp3) is 0.259. The van der Waals surface area contributed by atoms with Crippen LogP contribution >= 0.6 is 11.3 Å². The molecule has 2 aromatic carbocycles. The van der Waals surface area contributed by atoms with Gasteiger partial charge in [0.1, 0.15) is 15.6 Å². The minimum Gasteiger partial charge on any atom is -0.497 e. The number of benzene rings is 2. The van der Waals surface area contributed by atoms with Crippen LogP contribution in [0.2, 0.25) is 0 Å². The number of piperazine rings is 1. The number of hydrogen-bond donors (Lipinski definition) is 3. The molecule has 0 unspecified atom stereocenters. The number of thiazole rings is 1. The van der Waals surface area contributed by atoms with Gasteiger partial charge in [-0.05, 0) is 55.5 Å². The lowest BCUT2D eigenvalue weighted by molar-refractivity contribution is -0.140. The van der Waals surface area contributed by atoms with Gasteiger partial charge in [0, 0.05) is 49.4 Å². The SMILES string of the molecule is COc1ccc(Nc2ncc(-c3nc(C)c(C(=O)Nc4ccc(N5CCNCC5)cc4)s3)c(C(F)(F)F)n2)cc1. The van der Waals surface area contributed by atoms with Crippen molar-refractivity contribution in [1.82, 2.24) is 20.3 Å². The van der Waals surface area contributed by atoms with Crippen molar-refractivity contribution in [2.75, 3.05) is 48.8 Å². The molecule has 3 heterocycles. The van der Waals surface area contributed by atoms with E-state index in [9.17, 15) is 18.0 Å². The first-order valence-electron chi connectivity index (χ1n) is 12.4. The van der Waals surface area contributed by atoms with Crippen LogP contribution in [-0.2, 0) is 6.18 Å². The Bertz CT molecular complexity index is 1490. The highest BCUT2D eigenvalue weighted by Gasteiger charge is 2.37. The molecule has 40 heavy (non-hydrogen) atoms. The standard InChI is InChI=1S/C27H26F3N7O2S/c1-16-22(24(38)34-17-3-7-19(8-4-17)37-13-11-31-12-14-37)40-25(33-16)21-15-32-26(36-23(21)27(28,29)30)35-18-5-9-20(39-2)10-6-18/h3-10,15,31H,11-14H2,1-2H3,(H,34,38)(H,32,35,36). The van der Waals surface area contributed by atoms with Crippen molar-refractivity contribution in [1.29, 1.82) is 0 Å². The summed E-state index contributed by atoms with van der Waals surface area (Å²) >= 11 is 0.857. The second-order valence-electron chi connectivity index (χ2n) is 8.98. The molecule has 0 radical (unpaired) electrons. The topological polar surface area (TPSA) is 104 Å². The molecule has 0 atom stereocenters. The van der Waals surface area contributed by atoms with Gasteiger partial charge in [-0.25, -0.2) is 15.0 Å². The molecule has 0 aliphatic carbocycles. The number of amides is 1. The van der Waals surface area contributed by atoms with E-state index >= 15 is 0 Å². The Morgan fingerprint density at radius 2 is 1.70 bits per heavy atom. The molecule has 0 spiro atoms. The lowest BCUT2D eigenvalue weighted by Gasteiger charge is -2.29. The van der Waals surface area contributed by atoms with Gasteiger partial charge in [-0.2, -0.15) is 13.2 Å². The zero-order chi connectivity index (χ0) is 28.3. The second kappa shape index (κ2) is 11.5. The molecular weight excluding hydrogens is 543 g/mol. The van der Waals surface area contributed by atoms with Gasteiger partial charge in [-0.15, -0.1) is 11.3 Å². The largest absolute Gasteiger partial charge is 0.497 e. The van der Waals surface area contributed by atoms with E-state index in [0.717, 1.165) is 49.4 Å². The third kappa shape index (κ3) is 6.15. The van der Waals surface area contributed by atoms with Crippen LogP contribution in [0.4, 0.5) is 36.2 Å². The predicted molar refractivity (Wildman–Crippen MR) is 149 cm³/mol. The number of carbonyl (C=O) groups is 1. The minimum atomic E-state index is -4.78. The molecule has 1 amide bonds. The molecule has 9 nitrogen and oxygen atoms in total. The number of halogens is 3. The van der Waals surface area contributed by atoms with Crippen LogP contribution in [-0.4, -0.2) is 54.1 Å². The van der Waals surface area contributed by atoms with E-state index < -0.39 is 17.8 Å². The molecule has 4 aromatic rings. The number of hydrogen-bond acceptors (Lipinski definition) is 9. The smallest absolute Gasteiger partial charge is 0.434 e. The van der Waals surface area contributed by atoms with Crippen LogP contribution in [0.1, 0.15) is 21.1 Å². The zero-order valence-electron chi connectivity index (χ0n) is 21.7. The van der Waals surface area contributed by atoms with Gasteiger partial charge in [0.05, 0.1) is 18.4 Å². The molecule has 2 aromatic heterocycles. The normalized spacial score (nSPS) is 13.7. The Morgan fingerprint density at radius 3 is 2.35 bits per heavy atom. The second-order valence-corrected chi connectivity index (χ2v) is 9.98. The average molecular weight is 570 g/mol. The summed E-state index contributed by atoms with van der Waals surface area (Å²) in [6, 6.07) is 14.1. The molecule has 208 valence electrons. The summed E-state index contributed by atoms with van der Waals surface area (Å²) in [5.41, 5.74) is 0.977. The molecule has 13 heteroatoms. The Morgan fingerprint density at radius 1 is 1.02 bits per heavy atom. The molecule has 0 bridgehead atoms. The van der Waals surface area contributed by atoms with Crippen molar-refractivity contribution in [3.8, 4) is 16.3 Å². The van der Waals surface area contributed by atoms with Crippen LogP contribution in [0, 0.1) is 6.92 Å². The molecule has 1 aliphatic heterocycles. The molecule has 3 N–H and O–H groups in total. The number of methoxy groups -OCH3 is 1. The molecule has 1 aliphatic rings. The number of rotatable bonds is 7. The van der Waals surface area contributed by atoms with E-state index in [1.807, 2.05) is 12.1 Å². The highest BCUT2D eigenvalue weighted by atomic mass is 32.1. The molecule has 0 saturated carbocycles. The Kier molecular flexibility index (Phi) is 7.85. The van der Waals surface area contributed by atoms with Gasteiger partial charge in [-0.1, -0.05) is 0 Å². The number of alkyl halides is 3. The van der Waals surface area contributed by atoms with Gasteiger partial charge in [0.2, 0.25) is 5.95 Å². The lowest BCUT2D eigenvalue weighted by atomic mass is 10.2. The number of anilines is 4. The molecular formula is C27H26F3N7O2S. The lowest BCUT2D eigenvalue weighted by Crippen LogP contribution is -2.43. The van der Waals surface area contributed by atoms with Gasteiger partial charge >= 0.3 is 6.18 Å². The van der Waals surface area contributed by atoms with Crippen LogP contribution < -0.4 is 25.6 Å². The number of carbonyl (C=O) groups excluding carboxylic acids is 1. The summed E-state index contributed by atoms with van der Waals surface area (Å²) in [6.07, 6.45) is -3.71. The van der Waals surface area contributed by atoms with Gasteiger partial charge in [-0.3, -0.25) is 4.79 Å². The summed E-state index contributed by atoms with van der Waals surface area (Å²) < 4.78 is 47.2. The first-order chi connectivity index (χ1) is 19.2.